The number of piperazine rings is 1. The molecule has 3 aliphatic rings. The highest BCUT2D eigenvalue weighted by Gasteiger charge is 2.49. The summed E-state index contributed by atoms with van der Waals surface area (Å²) in [5, 5.41) is 0.771. The molecule has 2 saturated heterocycles. The molecule has 2 aliphatic heterocycles. The lowest BCUT2D eigenvalue weighted by Gasteiger charge is -2.43. The number of hydrogen-bond acceptors (Lipinski definition) is 1. The van der Waals surface area contributed by atoms with Gasteiger partial charge in [0, 0.05) is 29.3 Å². The van der Waals surface area contributed by atoms with E-state index in [0.29, 0.717) is 0 Å². The van der Waals surface area contributed by atoms with Gasteiger partial charge in [0.25, 0.3) is 0 Å². The summed E-state index contributed by atoms with van der Waals surface area (Å²) >= 11 is 6.03. The predicted octanol–water partition coefficient (Wildman–Crippen LogP) is 2.99. The van der Waals surface area contributed by atoms with Crippen LogP contribution in [0.4, 0.5) is 0 Å². The van der Waals surface area contributed by atoms with Crippen molar-refractivity contribution in [3.63, 3.8) is 0 Å². The van der Waals surface area contributed by atoms with Gasteiger partial charge in [0.1, 0.15) is 37.5 Å². The van der Waals surface area contributed by atoms with Gasteiger partial charge in [-0.1, -0.05) is 30.9 Å². The summed E-state index contributed by atoms with van der Waals surface area (Å²) in [6, 6.07) is 14.0. The molecule has 3 fully saturated rings. The maximum absolute atomic E-state index is 6.29. The topological polar surface area (TPSA) is 22.0 Å². The van der Waals surface area contributed by atoms with Gasteiger partial charge in [0.15, 0.2) is 5.76 Å². The molecular weight excluding hydrogens is 368 g/mol. The van der Waals surface area contributed by atoms with Crippen LogP contribution in [-0.4, -0.2) is 31.7 Å². The molecule has 3 nitrogen and oxygen atoms in total. The molecule has 0 amide bonds. The van der Waals surface area contributed by atoms with Gasteiger partial charge < -0.3 is 14.2 Å². The van der Waals surface area contributed by atoms with Crippen molar-refractivity contribution in [2.45, 2.75) is 63.6 Å². The van der Waals surface area contributed by atoms with Crippen molar-refractivity contribution < 1.29 is 14.2 Å². The molecule has 150 valence electrons. The molecule has 2 N–H and O–H groups in total. The Bertz CT molecular complexity index is 780. The standard InChI is InChI=1S/C24H31ClN2O/c25-20-10-8-18(9-11-20)23-13-12-21(28-23)17-27-16-15-26-14-4-7-22(26)24(27)19-5-2-1-3-6-19/h8-13,19,22,24H,1-7,14-17H2/p+2/t22-,24+/m1/s1. The van der Waals surface area contributed by atoms with Crippen molar-refractivity contribution in [2.75, 3.05) is 19.6 Å². The maximum atomic E-state index is 6.29. The molecular formula is C24H33ClN2O+2. The molecule has 0 spiro atoms. The van der Waals surface area contributed by atoms with Gasteiger partial charge in [-0.2, -0.15) is 0 Å². The zero-order chi connectivity index (χ0) is 18.9. The van der Waals surface area contributed by atoms with Crippen LogP contribution in [-0.2, 0) is 6.54 Å². The monoisotopic (exact) mass is 400 g/mol. The Hall–Kier alpha value is -1.29. The summed E-state index contributed by atoms with van der Waals surface area (Å²) in [6.45, 7) is 5.08. The van der Waals surface area contributed by atoms with Gasteiger partial charge in [0.2, 0.25) is 0 Å². The van der Waals surface area contributed by atoms with Crippen LogP contribution in [0.25, 0.3) is 11.3 Å². The number of fused-ring (bicyclic) bond motifs is 1. The number of quaternary nitrogens is 2. The first-order valence-electron chi connectivity index (χ1n) is 11.3. The van der Waals surface area contributed by atoms with E-state index in [1.807, 2.05) is 29.2 Å². The van der Waals surface area contributed by atoms with E-state index in [4.69, 9.17) is 16.0 Å². The highest BCUT2D eigenvalue weighted by Crippen LogP contribution is 2.29. The summed E-state index contributed by atoms with van der Waals surface area (Å²) in [7, 11) is 0. The lowest BCUT2D eigenvalue weighted by Crippen LogP contribution is -3.32. The molecule has 28 heavy (non-hydrogen) atoms. The molecule has 1 aromatic heterocycles. The first-order chi connectivity index (χ1) is 13.8. The minimum Gasteiger partial charge on any atom is -0.455 e. The summed E-state index contributed by atoms with van der Waals surface area (Å²) in [6.07, 6.45) is 10.1. The summed E-state index contributed by atoms with van der Waals surface area (Å²) in [5.41, 5.74) is 1.11. The minimum absolute atomic E-state index is 0.771. The average molecular weight is 401 g/mol. The molecule has 5 rings (SSSR count). The molecule has 1 aromatic carbocycles. The fourth-order valence-corrected chi connectivity index (χ4v) is 6.41. The van der Waals surface area contributed by atoms with Gasteiger partial charge in [-0.15, -0.1) is 0 Å². The lowest BCUT2D eigenvalue weighted by atomic mass is 9.78. The Morgan fingerprint density at radius 2 is 1.68 bits per heavy atom. The largest absolute Gasteiger partial charge is 0.455 e. The van der Waals surface area contributed by atoms with Crippen LogP contribution >= 0.6 is 11.6 Å². The zero-order valence-electron chi connectivity index (χ0n) is 16.8. The van der Waals surface area contributed by atoms with E-state index in [9.17, 15) is 0 Å². The van der Waals surface area contributed by atoms with Crippen LogP contribution in [0.5, 0.6) is 0 Å². The van der Waals surface area contributed by atoms with E-state index in [1.54, 1.807) is 4.90 Å². The molecule has 4 heteroatoms. The predicted molar refractivity (Wildman–Crippen MR) is 113 cm³/mol. The van der Waals surface area contributed by atoms with Crippen molar-refractivity contribution in [1.82, 2.24) is 0 Å². The second-order valence-electron chi connectivity index (χ2n) is 9.19. The van der Waals surface area contributed by atoms with Crippen LogP contribution < -0.4 is 9.80 Å². The molecule has 0 radical (unpaired) electrons. The molecule has 4 atom stereocenters. The number of hydrogen-bond donors (Lipinski definition) is 2. The fourth-order valence-electron chi connectivity index (χ4n) is 6.28. The van der Waals surface area contributed by atoms with Crippen molar-refractivity contribution in [3.8, 4) is 11.3 Å². The molecule has 1 saturated carbocycles. The van der Waals surface area contributed by atoms with Crippen molar-refractivity contribution in [1.29, 1.82) is 0 Å². The van der Waals surface area contributed by atoms with E-state index < -0.39 is 0 Å². The fraction of sp³-hybridized carbons (Fsp3) is 0.583. The highest BCUT2D eigenvalue weighted by molar-refractivity contribution is 6.30. The molecule has 2 unspecified atom stereocenters. The van der Waals surface area contributed by atoms with Crippen LogP contribution in [0.2, 0.25) is 5.02 Å². The third kappa shape index (κ3) is 3.77. The van der Waals surface area contributed by atoms with Crippen LogP contribution in [0.3, 0.4) is 0 Å². The molecule has 3 heterocycles. The van der Waals surface area contributed by atoms with Crippen LogP contribution in [0, 0.1) is 5.92 Å². The number of furan rings is 1. The quantitative estimate of drug-likeness (QED) is 0.809. The lowest BCUT2D eigenvalue weighted by molar-refractivity contribution is -1.05. The molecule has 1 aliphatic carbocycles. The van der Waals surface area contributed by atoms with E-state index in [0.717, 1.165) is 46.7 Å². The Balaban J connectivity index is 1.34. The Kier molecular flexibility index (Phi) is 5.49. The van der Waals surface area contributed by atoms with Crippen LogP contribution in [0.1, 0.15) is 50.7 Å². The van der Waals surface area contributed by atoms with Gasteiger partial charge in [-0.3, -0.25) is 0 Å². The van der Waals surface area contributed by atoms with Gasteiger partial charge in [-0.25, -0.2) is 0 Å². The molecule has 2 aromatic rings. The summed E-state index contributed by atoms with van der Waals surface area (Å²) < 4.78 is 6.29. The van der Waals surface area contributed by atoms with E-state index in [-0.39, 0.29) is 0 Å². The normalized spacial score (nSPS) is 31.0. The summed E-state index contributed by atoms with van der Waals surface area (Å²) in [4.78, 5) is 3.69. The third-order valence-corrected chi connectivity index (χ3v) is 7.81. The van der Waals surface area contributed by atoms with Crippen molar-refractivity contribution in [3.05, 3.63) is 47.2 Å². The van der Waals surface area contributed by atoms with Gasteiger partial charge >= 0.3 is 0 Å². The van der Waals surface area contributed by atoms with Crippen molar-refractivity contribution >= 4 is 11.6 Å². The molecule has 0 bridgehead atoms. The van der Waals surface area contributed by atoms with E-state index in [1.165, 1.54) is 64.6 Å². The first kappa shape index (κ1) is 18.7. The van der Waals surface area contributed by atoms with E-state index >= 15 is 0 Å². The number of rotatable bonds is 4. The first-order valence-corrected chi connectivity index (χ1v) is 11.7. The maximum Gasteiger partial charge on any atom is 0.158 e. The number of nitrogens with one attached hydrogen (secondary N) is 2. The Labute approximate surface area is 173 Å². The summed E-state index contributed by atoms with van der Waals surface area (Å²) in [5.74, 6) is 3.03. The second-order valence-corrected chi connectivity index (χ2v) is 9.63. The van der Waals surface area contributed by atoms with Gasteiger partial charge in [-0.05, 0) is 49.2 Å². The Morgan fingerprint density at radius 3 is 2.50 bits per heavy atom. The van der Waals surface area contributed by atoms with Crippen molar-refractivity contribution in [2.24, 2.45) is 5.92 Å². The smallest absolute Gasteiger partial charge is 0.158 e. The van der Waals surface area contributed by atoms with Crippen LogP contribution in [0.15, 0.2) is 40.8 Å². The highest BCUT2D eigenvalue weighted by atomic mass is 35.5. The third-order valence-electron chi connectivity index (χ3n) is 7.56. The number of benzene rings is 1. The van der Waals surface area contributed by atoms with E-state index in [2.05, 4.69) is 12.1 Å². The zero-order valence-corrected chi connectivity index (χ0v) is 17.5. The minimum atomic E-state index is 0.771. The second kappa shape index (κ2) is 8.22. The average Bonchev–Trinajstić information content (AvgIpc) is 3.39. The number of halogens is 1. The SMILES string of the molecule is Clc1ccc(-c2ccc(C[NH+]3CC[NH+]4CCC[C@@H]4[C@@H]3C3CCCCC3)o2)cc1. The Morgan fingerprint density at radius 1 is 0.857 bits per heavy atom. The van der Waals surface area contributed by atoms with Gasteiger partial charge in [0.05, 0.1) is 6.54 Å².